The molecule has 0 aliphatic heterocycles. The van der Waals surface area contributed by atoms with Gasteiger partial charge in [0.2, 0.25) is 0 Å². The lowest BCUT2D eigenvalue weighted by Crippen LogP contribution is -2.23. The molecule has 0 heterocycles. The summed E-state index contributed by atoms with van der Waals surface area (Å²) in [6.07, 6.45) is 0.828. The number of aliphatic hydroxyl groups excluding tert-OH is 1. The number of rotatable bonds is 2. The molecule has 1 aromatic rings. The summed E-state index contributed by atoms with van der Waals surface area (Å²) in [5, 5.41) is 9.52. The van der Waals surface area contributed by atoms with E-state index in [9.17, 15) is 13.9 Å². The minimum atomic E-state index is -0.626. The Labute approximate surface area is 81.4 Å². The van der Waals surface area contributed by atoms with Crippen LogP contribution in [0.3, 0.4) is 0 Å². The molecule has 0 bridgehead atoms. The van der Waals surface area contributed by atoms with Crippen LogP contribution in [0.4, 0.5) is 8.78 Å². The summed E-state index contributed by atoms with van der Waals surface area (Å²) in [5.41, 5.74) is -0.223. The molecule has 1 aromatic carbocycles. The fourth-order valence-electron chi connectivity index (χ4n) is 1.93. The van der Waals surface area contributed by atoms with E-state index in [1.54, 1.807) is 6.92 Å². The lowest BCUT2D eigenvalue weighted by molar-refractivity contribution is 0.148. The summed E-state index contributed by atoms with van der Waals surface area (Å²) >= 11 is 0. The van der Waals surface area contributed by atoms with E-state index in [0.717, 1.165) is 25.0 Å². The maximum absolute atomic E-state index is 13.4. The Bertz CT molecular complexity index is 356. The standard InChI is InChI=1S/C11H12F2O/c1-7(14)11(4-5-11)9-6-8(12)2-3-10(9)13/h2-3,6-7,14H,4-5H2,1H3. The van der Waals surface area contributed by atoms with Gasteiger partial charge in [0, 0.05) is 5.41 Å². The van der Waals surface area contributed by atoms with Crippen molar-refractivity contribution in [3.05, 3.63) is 35.4 Å². The van der Waals surface area contributed by atoms with Crippen LogP contribution >= 0.6 is 0 Å². The van der Waals surface area contributed by atoms with Gasteiger partial charge in [-0.25, -0.2) is 8.78 Å². The monoisotopic (exact) mass is 198 g/mol. The highest BCUT2D eigenvalue weighted by Crippen LogP contribution is 2.51. The molecule has 0 aromatic heterocycles. The maximum Gasteiger partial charge on any atom is 0.127 e. The SMILES string of the molecule is CC(O)C1(c2cc(F)ccc2F)CC1. The van der Waals surface area contributed by atoms with Crippen molar-refractivity contribution in [1.29, 1.82) is 0 Å². The quantitative estimate of drug-likeness (QED) is 0.773. The fourth-order valence-corrected chi connectivity index (χ4v) is 1.93. The van der Waals surface area contributed by atoms with Gasteiger partial charge in [0.1, 0.15) is 11.6 Å². The molecule has 3 heteroatoms. The minimum absolute atomic E-state index is 0.313. The van der Waals surface area contributed by atoms with Gasteiger partial charge < -0.3 is 5.11 Å². The number of benzene rings is 1. The highest BCUT2D eigenvalue weighted by atomic mass is 19.1. The summed E-state index contributed by atoms with van der Waals surface area (Å²) in [6, 6.07) is 3.40. The van der Waals surface area contributed by atoms with Crippen molar-refractivity contribution in [2.24, 2.45) is 0 Å². The predicted molar refractivity (Wildman–Crippen MR) is 49.0 cm³/mol. The van der Waals surface area contributed by atoms with E-state index >= 15 is 0 Å². The van der Waals surface area contributed by atoms with Gasteiger partial charge in [-0.15, -0.1) is 0 Å². The summed E-state index contributed by atoms with van der Waals surface area (Å²) < 4.78 is 26.3. The Hall–Kier alpha value is -0.960. The van der Waals surface area contributed by atoms with E-state index in [-0.39, 0.29) is 0 Å². The Kier molecular flexibility index (Phi) is 2.07. The molecule has 1 N–H and O–H groups in total. The van der Waals surface area contributed by atoms with Gasteiger partial charge in [-0.1, -0.05) is 0 Å². The molecular formula is C11H12F2O. The highest BCUT2D eigenvalue weighted by molar-refractivity contribution is 5.34. The van der Waals surface area contributed by atoms with Crippen LogP contribution in [0.15, 0.2) is 18.2 Å². The second-order valence-electron chi connectivity index (χ2n) is 3.96. The molecule has 76 valence electrons. The molecule has 1 atom stereocenters. The third-order valence-electron chi connectivity index (χ3n) is 3.05. The van der Waals surface area contributed by atoms with Crippen molar-refractivity contribution in [3.8, 4) is 0 Å². The number of hydrogen-bond donors (Lipinski definition) is 1. The molecule has 1 nitrogen and oxygen atoms in total. The third-order valence-corrected chi connectivity index (χ3v) is 3.05. The minimum Gasteiger partial charge on any atom is -0.392 e. The molecule has 2 rings (SSSR count). The number of hydrogen-bond acceptors (Lipinski definition) is 1. The van der Waals surface area contributed by atoms with Crippen LogP contribution in [0, 0.1) is 11.6 Å². The first-order valence-corrected chi connectivity index (χ1v) is 4.70. The van der Waals surface area contributed by atoms with Gasteiger partial charge in [0.15, 0.2) is 0 Å². The van der Waals surface area contributed by atoms with E-state index in [1.807, 2.05) is 0 Å². The van der Waals surface area contributed by atoms with E-state index in [0.29, 0.717) is 5.56 Å². The first kappa shape index (κ1) is 9.59. The second-order valence-corrected chi connectivity index (χ2v) is 3.96. The van der Waals surface area contributed by atoms with Crippen LogP contribution in [-0.2, 0) is 5.41 Å². The zero-order valence-corrected chi connectivity index (χ0v) is 7.93. The summed E-state index contributed by atoms with van der Waals surface area (Å²) in [6.45, 7) is 1.62. The van der Waals surface area contributed by atoms with Crippen molar-refractivity contribution >= 4 is 0 Å². The Morgan fingerprint density at radius 1 is 1.36 bits per heavy atom. The van der Waals surface area contributed by atoms with Crippen LogP contribution in [-0.4, -0.2) is 11.2 Å². The van der Waals surface area contributed by atoms with Crippen LogP contribution in [0.1, 0.15) is 25.3 Å². The molecular weight excluding hydrogens is 186 g/mol. The summed E-state index contributed by atoms with van der Waals surface area (Å²) in [5.74, 6) is -0.877. The van der Waals surface area contributed by atoms with E-state index < -0.39 is 23.2 Å². The largest absolute Gasteiger partial charge is 0.392 e. The van der Waals surface area contributed by atoms with Gasteiger partial charge in [-0.05, 0) is 43.5 Å². The van der Waals surface area contributed by atoms with Crippen molar-refractivity contribution in [1.82, 2.24) is 0 Å². The molecule has 1 aliphatic rings. The lowest BCUT2D eigenvalue weighted by atomic mass is 9.90. The van der Waals surface area contributed by atoms with Gasteiger partial charge in [-0.3, -0.25) is 0 Å². The van der Waals surface area contributed by atoms with E-state index in [2.05, 4.69) is 0 Å². The van der Waals surface area contributed by atoms with Gasteiger partial charge in [-0.2, -0.15) is 0 Å². The summed E-state index contributed by atoms with van der Waals surface area (Å²) in [4.78, 5) is 0. The van der Waals surface area contributed by atoms with Gasteiger partial charge >= 0.3 is 0 Å². The molecule has 0 saturated heterocycles. The lowest BCUT2D eigenvalue weighted by Gasteiger charge is -2.19. The van der Waals surface area contributed by atoms with Gasteiger partial charge in [0.05, 0.1) is 6.10 Å². The van der Waals surface area contributed by atoms with Crippen molar-refractivity contribution in [2.45, 2.75) is 31.3 Å². The average molecular weight is 198 g/mol. The van der Waals surface area contributed by atoms with Crippen molar-refractivity contribution < 1.29 is 13.9 Å². The third kappa shape index (κ3) is 1.32. The van der Waals surface area contributed by atoms with Crippen LogP contribution < -0.4 is 0 Å². The molecule has 0 spiro atoms. The molecule has 0 amide bonds. The van der Waals surface area contributed by atoms with Crippen molar-refractivity contribution in [2.75, 3.05) is 0 Å². The summed E-state index contributed by atoms with van der Waals surface area (Å²) in [7, 11) is 0. The van der Waals surface area contributed by atoms with Crippen LogP contribution in [0.5, 0.6) is 0 Å². The molecule has 14 heavy (non-hydrogen) atoms. The van der Waals surface area contributed by atoms with Crippen LogP contribution in [0.25, 0.3) is 0 Å². The van der Waals surface area contributed by atoms with Crippen molar-refractivity contribution in [3.63, 3.8) is 0 Å². The molecule has 1 saturated carbocycles. The first-order valence-electron chi connectivity index (χ1n) is 4.70. The van der Waals surface area contributed by atoms with E-state index in [4.69, 9.17) is 0 Å². The number of halogens is 2. The zero-order valence-electron chi connectivity index (χ0n) is 7.93. The Morgan fingerprint density at radius 3 is 2.50 bits per heavy atom. The Balaban J connectivity index is 2.46. The highest BCUT2D eigenvalue weighted by Gasteiger charge is 2.50. The topological polar surface area (TPSA) is 20.2 Å². The maximum atomic E-state index is 13.4. The normalized spacial score (nSPS) is 20.6. The average Bonchev–Trinajstić information content (AvgIpc) is 2.90. The van der Waals surface area contributed by atoms with Crippen LogP contribution in [0.2, 0.25) is 0 Å². The van der Waals surface area contributed by atoms with Gasteiger partial charge in [0.25, 0.3) is 0 Å². The molecule has 1 fully saturated rings. The Morgan fingerprint density at radius 2 is 2.00 bits per heavy atom. The molecule has 1 aliphatic carbocycles. The van der Waals surface area contributed by atoms with E-state index in [1.165, 1.54) is 6.07 Å². The second kappa shape index (κ2) is 3.02. The predicted octanol–water partition coefficient (Wildman–Crippen LogP) is 2.38. The molecule has 0 radical (unpaired) electrons. The fraction of sp³-hybridized carbons (Fsp3) is 0.455. The zero-order chi connectivity index (χ0) is 10.3. The molecule has 1 unspecified atom stereocenters. The first-order chi connectivity index (χ1) is 6.56. The number of aliphatic hydroxyl groups is 1. The smallest absolute Gasteiger partial charge is 0.127 e.